The van der Waals surface area contributed by atoms with Crippen LogP contribution < -0.4 is 5.32 Å². The van der Waals surface area contributed by atoms with Crippen molar-refractivity contribution in [3.05, 3.63) is 42.7 Å². The van der Waals surface area contributed by atoms with Crippen molar-refractivity contribution >= 4 is 45.7 Å². The number of imidazole rings is 1. The minimum Gasteiger partial charge on any atom is -0.326 e. The molecule has 0 aromatic carbocycles. The summed E-state index contributed by atoms with van der Waals surface area (Å²) in [5.41, 5.74) is 2.44. The fraction of sp³-hybridized carbons (Fsp3) is 0.381. The van der Waals surface area contributed by atoms with Crippen LogP contribution in [0.1, 0.15) is 39.6 Å². The van der Waals surface area contributed by atoms with E-state index in [1.807, 2.05) is 66.8 Å². The molecule has 4 aromatic rings. The highest BCUT2D eigenvalue weighted by atomic mass is 127. The predicted octanol–water partition coefficient (Wildman–Crippen LogP) is 4.86. The van der Waals surface area contributed by atoms with Crippen LogP contribution in [0.5, 0.6) is 0 Å². The van der Waals surface area contributed by atoms with Gasteiger partial charge in [-0.25, -0.2) is 19.9 Å². The third kappa shape index (κ3) is 4.69. The molecule has 0 bridgehead atoms. The molecule has 0 amide bonds. The summed E-state index contributed by atoms with van der Waals surface area (Å²) in [6, 6.07) is 4.13. The number of nitrogens with one attached hydrogen (secondary N) is 1. The van der Waals surface area contributed by atoms with E-state index in [0.29, 0.717) is 30.0 Å². The molecule has 4 rings (SSSR count). The van der Waals surface area contributed by atoms with Crippen molar-refractivity contribution in [1.82, 2.24) is 34.3 Å². The molecule has 0 aliphatic heterocycles. The zero-order chi connectivity index (χ0) is 22.2. The van der Waals surface area contributed by atoms with Crippen LogP contribution in [0.3, 0.4) is 0 Å². The molecule has 9 nitrogen and oxygen atoms in total. The van der Waals surface area contributed by atoms with Crippen LogP contribution in [-0.4, -0.2) is 39.9 Å². The zero-order valence-electron chi connectivity index (χ0n) is 18.2. The molecule has 0 atom stereocenters. The molecule has 0 aliphatic rings. The first-order chi connectivity index (χ1) is 14.8. The number of rotatable bonds is 7. The van der Waals surface area contributed by atoms with Gasteiger partial charge in [0.25, 0.3) is 0 Å². The number of nitrogens with zero attached hydrogens (tertiary/aromatic N) is 7. The maximum Gasteiger partial charge on any atom is 0.164 e. The van der Waals surface area contributed by atoms with Gasteiger partial charge in [0, 0.05) is 24.5 Å². The lowest BCUT2D eigenvalue weighted by Crippen LogP contribution is -2.27. The van der Waals surface area contributed by atoms with Crippen LogP contribution in [0.25, 0.3) is 22.4 Å². The van der Waals surface area contributed by atoms with Crippen molar-refractivity contribution in [3.63, 3.8) is 0 Å². The van der Waals surface area contributed by atoms with E-state index in [-0.39, 0.29) is 5.60 Å². The number of halogens is 1. The molecule has 4 aromatic heterocycles. The summed E-state index contributed by atoms with van der Waals surface area (Å²) in [4.78, 5) is 18.1. The van der Waals surface area contributed by atoms with Crippen molar-refractivity contribution in [2.75, 3.05) is 5.32 Å². The van der Waals surface area contributed by atoms with Gasteiger partial charge in [0.05, 0.1) is 35.6 Å². The number of fused-ring (bicyclic) bond motifs is 1. The lowest BCUT2D eigenvalue weighted by Gasteiger charge is -2.20. The van der Waals surface area contributed by atoms with Gasteiger partial charge in [0.15, 0.2) is 5.82 Å². The van der Waals surface area contributed by atoms with Gasteiger partial charge in [0.2, 0.25) is 0 Å². The van der Waals surface area contributed by atoms with Gasteiger partial charge in [-0.2, -0.15) is 5.10 Å². The molecule has 0 spiro atoms. The Hall–Kier alpha value is -2.60. The number of anilines is 2. The van der Waals surface area contributed by atoms with Gasteiger partial charge in [0.1, 0.15) is 46.0 Å². The van der Waals surface area contributed by atoms with Crippen LogP contribution >= 0.6 is 23.0 Å². The Bertz CT molecular complexity index is 1210. The highest BCUT2D eigenvalue weighted by Gasteiger charge is 2.19. The summed E-state index contributed by atoms with van der Waals surface area (Å²) in [6.07, 6.45) is 7.19. The van der Waals surface area contributed by atoms with Crippen molar-refractivity contribution in [2.24, 2.45) is 0 Å². The molecule has 1 N–H and O–H groups in total. The molecule has 0 saturated heterocycles. The summed E-state index contributed by atoms with van der Waals surface area (Å²) in [7, 11) is 0. The van der Waals surface area contributed by atoms with Gasteiger partial charge in [-0.05, 0) is 40.7 Å². The summed E-state index contributed by atoms with van der Waals surface area (Å²) in [5.74, 6) is 2.93. The van der Waals surface area contributed by atoms with Crippen molar-refractivity contribution in [2.45, 2.75) is 52.8 Å². The minimum absolute atomic E-state index is 0.310. The average molecular weight is 532 g/mol. The maximum absolute atomic E-state index is 5.45. The third-order valence-electron chi connectivity index (χ3n) is 4.82. The molecule has 0 unspecified atom stereocenters. The van der Waals surface area contributed by atoms with E-state index in [0.717, 1.165) is 22.4 Å². The van der Waals surface area contributed by atoms with Gasteiger partial charge >= 0.3 is 0 Å². The normalized spacial score (nSPS) is 12.1. The van der Waals surface area contributed by atoms with E-state index in [9.17, 15) is 0 Å². The standard InChI is InChI=1S/C21H25IN8O/c1-13(2)30-14(3)26-16-10-24-19(8-17(16)30)27-18-6-7-23-20(28-18)15-9-25-29(11-15)12-21(4,5)31-22/h6-11,13H,12H2,1-5H3,(H,23,24,27,28). The molecule has 0 radical (unpaired) electrons. The molecular weight excluding hydrogens is 507 g/mol. The van der Waals surface area contributed by atoms with Crippen molar-refractivity contribution < 1.29 is 3.07 Å². The van der Waals surface area contributed by atoms with Gasteiger partial charge in [-0.3, -0.25) is 4.68 Å². The molecule has 162 valence electrons. The molecule has 0 aliphatic carbocycles. The topological polar surface area (TPSA) is 95.6 Å². The van der Waals surface area contributed by atoms with Crippen molar-refractivity contribution in [3.8, 4) is 11.4 Å². The van der Waals surface area contributed by atoms with Gasteiger partial charge < -0.3 is 13.0 Å². The number of hydrogen-bond donors (Lipinski definition) is 1. The average Bonchev–Trinajstić information content (AvgIpc) is 3.31. The quantitative estimate of drug-likeness (QED) is 0.340. The Morgan fingerprint density at radius 1 is 1.16 bits per heavy atom. The van der Waals surface area contributed by atoms with Crippen LogP contribution in [0.15, 0.2) is 36.9 Å². The fourth-order valence-corrected chi connectivity index (χ4v) is 3.66. The van der Waals surface area contributed by atoms with Crippen LogP contribution in [-0.2, 0) is 9.61 Å². The lowest BCUT2D eigenvalue weighted by molar-refractivity contribution is 0.142. The highest BCUT2D eigenvalue weighted by Crippen LogP contribution is 2.24. The SMILES string of the molecule is Cc1nc2cnc(Nc3ccnc(-c4cnn(CC(C)(C)OI)c4)n3)cc2n1C(C)C. The van der Waals surface area contributed by atoms with E-state index < -0.39 is 0 Å². The first kappa shape index (κ1) is 21.6. The Kier molecular flexibility index (Phi) is 5.93. The van der Waals surface area contributed by atoms with Crippen LogP contribution in [0.2, 0.25) is 0 Å². The number of aromatic nitrogens is 7. The largest absolute Gasteiger partial charge is 0.326 e. The molecule has 4 heterocycles. The molecule has 10 heteroatoms. The number of hydrogen-bond acceptors (Lipinski definition) is 7. The Balaban J connectivity index is 1.58. The maximum atomic E-state index is 5.45. The second-order valence-electron chi connectivity index (χ2n) is 8.33. The lowest BCUT2D eigenvalue weighted by atomic mass is 10.1. The summed E-state index contributed by atoms with van der Waals surface area (Å²) in [5, 5.41) is 7.70. The van der Waals surface area contributed by atoms with Crippen molar-refractivity contribution in [1.29, 1.82) is 0 Å². The Morgan fingerprint density at radius 3 is 2.71 bits per heavy atom. The molecule has 31 heavy (non-hydrogen) atoms. The molecule has 0 fully saturated rings. The summed E-state index contributed by atoms with van der Waals surface area (Å²) >= 11 is 1.92. The van der Waals surface area contributed by atoms with Gasteiger partial charge in [-0.15, -0.1) is 0 Å². The predicted molar refractivity (Wildman–Crippen MR) is 128 cm³/mol. The van der Waals surface area contributed by atoms with E-state index in [1.165, 1.54) is 0 Å². The number of pyridine rings is 1. The minimum atomic E-state index is -0.320. The van der Waals surface area contributed by atoms with E-state index >= 15 is 0 Å². The second-order valence-corrected chi connectivity index (χ2v) is 8.78. The number of aryl methyl sites for hydroxylation is 1. The smallest absolute Gasteiger partial charge is 0.164 e. The van der Waals surface area contributed by atoms with Crippen LogP contribution in [0.4, 0.5) is 11.6 Å². The molecule has 0 saturated carbocycles. The second kappa shape index (κ2) is 8.50. The van der Waals surface area contributed by atoms with E-state index in [2.05, 4.69) is 48.8 Å². The third-order valence-corrected chi connectivity index (χ3v) is 6.02. The van der Waals surface area contributed by atoms with Crippen LogP contribution in [0, 0.1) is 6.92 Å². The van der Waals surface area contributed by atoms with E-state index in [1.54, 1.807) is 18.6 Å². The van der Waals surface area contributed by atoms with E-state index in [4.69, 9.17) is 3.07 Å². The first-order valence-corrected chi connectivity index (χ1v) is 10.9. The Morgan fingerprint density at radius 2 is 1.97 bits per heavy atom. The summed E-state index contributed by atoms with van der Waals surface area (Å²) < 4.78 is 9.48. The van der Waals surface area contributed by atoms with Gasteiger partial charge in [-0.1, -0.05) is 0 Å². The zero-order valence-corrected chi connectivity index (χ0v) is 20.3. The monoisotopic (exact) mass is 532 g/mol. The fourth-order valence-electron chi connectivity index (χ4n) is 3.52. The summed E-state index contributed by atoms with van der Waals surface area (Å²) in [6.45, 7) is 11.0. The highest BCUT2D eigenvalue weighted by molar-refractivity contribution is 14.1. The molecular formula is C21H25IN8O. The first-order valence-electron chi connectivity index (χ1n) is 10.0. The Labute approximate surface area is 195 Å².